The van der Waals surface area contributed by atoms with E-state index in [1.165, 1.54) is 26.4 Å². The lowest BCUT2D eigenvalue weighted by Crippen LogP contribution is -2.40. The van der Waals surface area contributed by atoms with Gasteiger partial charge in [-0.1, -0.05) is 84.9 Å². The van der Waals surface area contributed by atoms with Crippen LogP contribution in [0.5, 0.6) is 11.5 Å². The van der Waals surface area contributed by atoms with E-state index in [1.54, 1.807) is 91.8 Å². The largest absolute Gasteiger partial charge is 0.492 e. The molecule has 0 bridgehead atoms. The van der Waals surface area contributed by atoms with Gasteiger partial charge in [0.15, 0.2) is 23.1 Å². The number of nitrogens with one attached hydrogen (secondary N) is 2. The van der Waals surface area contributed by atoms with Crippen LogP contribution in [-0.2, 0) is 29.9 Å². The summed E-state index contributed by atoms with van der Waals surface area (Å²) in [4.78, 5) is 81.3. The zero-order valence-electron chi connectivity index (χ0n) is 58.6. The van der Waals surface area contributed by atoms with E-state index in [9.17, 15) is 38.3 Å². The van der Waals surface area contributed by atoms with Crippen LogP contribution >= 0.6 is 0 Å². The number of piperidine rings is 2. The van der Waals surface area contributed by atoms with Crippen molar-refractivity contribution in [2.75, 3.05) is 70.1 Å². The molecule has 8 aromatic rings. The molecule has 0 radical (unpaired) electrons. The van der Waals surface area contributed by atoms with Crippen molar-refractivity contribution in [3.8, 4) is 33.8 Å². The molecule has 4 unspecified atom stereocenters. The number of esters is 2. The van der Waals surface area contributed by atoms with E-state index in [0.29, 0.717) is 105 Å². The fraction of sp³-hybridized carbons (Fsp3) is 0.418. The van der Waals surface area contributed by atoms with Crippen LogP contribution in [0.25, 0.3) is 44.1 Å². The summed E-state index contributed by atoms with van der Waals surface area (Å²) in [6, 6.07) is 28.1. The van der Waals surface area contributed by atoms with Crippen molar-refractivity contribution >= 4 is 57.1 Å². The van der Waals surface area contributed by atoms with Gasteiger partial charge in [-0.3, -0.25) is 19.2 Å². The van der Waals surface area contributed by atoms with Crippen molar-refractivity contribution in [1.82, 2.24) is 19.8 Å². The molecule has 101 heavy (non-hydrogen) atoms. The number of nitrogens with zero attached hydrogens (tertiary/aromatic N) is 4. The van der Waals surface area contributed by atoms with Crippen molar-refractivity contribution in [1.29, 1.82) is 0 Å². The van der Waals surface area contributed by atoms with Gasteiger partial charge in [0.2, 0.25) is 17.7 Å². The lowest BCUT2D eigenvalue weighted by atomic mass is 9.84. The van der Waals surface area contributed by atoms with E-state index >= 15 is 13.2 Å². The summed E-state index contributed by atoms with van der Waals surface area (Å²) >= 11 is 0. The van der Waals surface area contributed by atoms with Gasteiger partial charge in [-0.2, -0.15) is 0 Å². The zero-order valence-corrected chi connectivity index (χ0v) is 58.6. The van der Waals surface area contributed by atoms with Gasteiger partial charge in [-0.25, -0.2) is 27.2 Å². The topological polar surface area (TPSA) is 220 Å². The number of carbonyl (C=O) groups is 4. The van der Waals surface area contributed by atoms with Gasteiger partial charge in [-0.15, -0.1) is 0 Å². The Kier molecular flexibility index (Phi) is 20.1. The van der Waals surface area contributed by atoms with Crippen LogP contribution in [0.3, 0.4) is 0 Å². The Hall–Kier alpha value is -9.54. The molecular formula is C79H86F4N6O12. The van der Waals surface area contributed by atoms with Crippen molar-refractivity contribution in [2.45, 2.75) is 142 Å². The average molecular weight is 1390 g/mol. The maximum atomic E-state index is 16.5. The first-order valence-electron chi connectivity index (χ1n) is 34.6. The molecule has 0 spiro atoms. The summed E-state index contributed by atoms with van der Waals surface area (Å²) in [6.45, 7) is 16.6. The number of benzene rings is 6. The number of aromatic nitrogens is 2. The standard InChI is InChI=1S/C40H43F2N3O6.C23H28FN3O4.C16H15FO2/c1-22-31-34(37(49-5)35(33(22)42)44-19-25-12-9-17-43-30(25)20-44)45(27-14-15-27)23(2)32(36(31)46)38(47)50-21-51-39(48)40(3,4)26-13-16-28(29(41)18-26)24-10-7-6-8-11-24;1-11-16-19(27(14-6-7-14)12(2)17(21(16)28)23(29)30)22(31-3)20(18(11)24)26-9-13-5-4-8-25-15(13)10-26;1-16(2,15(18)19)12-8-9-13(14(17)10-12)11-6-4-3-5-7-11/h6-8,10-11,13,16,18,25,27,30,43H,9,12,14-15,17,19-21H2,1-5H3;13-15,25H,4-10H2,1-3H3,(H,29,30);3-10H,1-2H3,(H,18,19). The number of carboxylic acids is 2. The van der Waals surface area contributed by atoms with E-state index in [0.717, 1.165) is 76.6 Å². The fourth-order valence-corrected chi connectivity index (χ4v) is 15.4. The van der Waals surface area contributed by atoms with Crippen LogP contribution in [0.4, 0.5) is 28.9 Å². The highest BCUT2D eigenvalue weighted by molar-refractivity contribution is 6.02. The summed E-state index contributed by atoms with van der Waals surface area (Å²) in [5, 5.41) is 26.1. The highest BCUT2D eigenvalue weighted by Crippen LogP contribution is 2.50. The molecule has 6 fully saturated rings. The summed E-state index contributed by atoms with van der Waals surface area (Å²) in [5.41, 5.74) is 1.76. The van der Waals surface area contributed by atoms with E-state index in [1.807, 2.05) is 67.5 Å². The van der Waals surface area contributed by atoms with Gasteiger partial charge < -0.3 is 58.7 Å². The van der Waals surface area contributed by atoms with Crippen LogP contribution < -0.4 is 40.8 Å². The first-order valence-corrected chi connectivity index (χ1v) is 34.6. The fourth-order valence-electron chi connectivity index (χ4n) is 15.4. The molecule has 4 aliphatic heterocycles. The molecular weight excluding hydrogens is 1300 g/mol. The molecule has 14 rings (SSSR count). The van der Waals surface area contributed by atoms with Gasteiger partial charge in [0, 0.05) is 84.0 Å². The number of aliphatic carboxylic acids is 1. The van der Waals surface area contributed by atoms with Crippen molar-refractivity contribution < 1.29 is 65.9 Å². The number of halogens is 4. The molecule has 0 amide bonds. The number of ether oxygens (including phenoxy) is 4. The predicted octanol–water partition coefficient (Wildman–Crippen LogP) is 13.6. The number of carboxylic acid groups (broad SMARTS) is 2. The van der Waals surface area contributed by atoms with Gasteiger partial charge in [0.05, 0.1) is 46.9 Å². The van der Waals surface area contributed by atoms with Crippen LogP contribution in [0.1, 0.15) is 146 Å². The third-order valence-corrected chi connectivity index (χ3v) is 21.5. The van der Waals surface area contributed by atoms with Gasteiger partial charge in [-0.05, 0) is 166 Å². The predicted molar refractivity (Wildman–Crippen MR) is 379 cm³/mol. The summed E-state index contributed by atoms with van der Waals surface area (Å²) in [6.07, 6.45) is 7.79. The first-order chi connectivity index (χ1) is 48.2. The second-order valence-corrected chi connectivity index (χ2v) is 28.6. The Labute approximate surface area is 583 Å². The van der Waals surface area contributed by atoms with Crippen molar-refractivity contribution in [3.63, 3.8) is 0 Å². The highest BCUT2D eigenvalue weighted by Gasteiger charge is 2.43. The molecule has 2 aromatic heterocycles. The molecule has 532 valence electrons. The van der Waals surface area contributed by atoms with E-state index in [4.69, 9.17) is 24.1 Å². The van der Waals surface area contributed by atoms with E-state index in [2.05, 4.69) is 10.6 Å². The number of fused-ring (bicyclic) bond motifs is 4. The van der Waals surface area contributed by atoms with E-state index in [-0.39, 0.29) is 56.9 Å². The van der Waals surface area contributed by atoms with Crippen LogP contribution in [-0.4, -0.2) is 116 Å². The number of anilines is 2. The number of hydrogen-bond donors (Lipinski definition) is 4. The number of methoxy groups -OCH3 is 2. The van der Waals surface area contributed by atoms with Crippen LogP contribution in [0, 0.1) is 62.8 Å². The molecule has 4 saturated heterocycles. The van der Waals surface area contributed by atoms with Gasteiger partial charge in [0.25, 0.3) is 0 Å². The zero-order chi connectivity index (χ0) is 72.3. The molecule has 4 atom stereocenters. The third kappa shape index (κ3) is 13.3. The molecule has 2 aliphatic carbocycles. The van der Waals surface area contributed by atoms with E-state index < -0.39 is 75.6 Å². The highest BCUT2D eigenvalue weighted by atomic mass is 19.1. The minimum absolute atomic E-state index is 0.0126. The lowest BCUT2D eigenvalue weighted by molar-refractivity contribution is -0.158. The Balaban J connectivity index is 0.000000162. The molecule has 6 aliphatic rings. The molecule has 22 heteroatoms. The average Bonchev–Trinajstić information content (AvgIpc) is 0.853. The van der Waals surface area contributed by atoms with Gasteiger partial charge >= 0.3 is 23.9 Å². The molecule has 4 N–H and O–H groups in total. The normalized spacial score (nSPS) is 18.8. The van der Waals surface area contributed by atoms with Gasteiger partial charge in [0.1, 0.15) is 34.1 Å². The number of aryl methyl sites for hydroxylation is 2. The molecule has 18 nitrogen and oxygen atoms in total. The summed E-state index contributed by atoms with van der Waals surface area (Å²) < 4.78 is 87.8. The third-order valence-electron chi connectivity index (χ3n) is 21.5. The molecule has 6 aromatic carbocycles. The molecule has 2 saturated carbocycles. The number of aromatic carboxylic acids is 1. The first kappa shape index (κ1) is 71.3. The number of hydrogen-bond acceptors (Lipinski definition) is 14. The Bertz CT molecular complexity index is 4690. The van der Waals surface area contributed by atoms with Crippen LogP contribution in [0.2, 0.25) is 0 Å². The lowest BCUT2D eigenvalue weighted by Gasteiger charge is -2.27. The number of pyridine rings is 2. The van der Waals surface area contributed by atoms with Crippen molar-refractivity contribution in [3.05, 3.63) is 186 Å². The monoisotopic (exact) mass is 1390 g/mol. The summed E-state index contributed by atoms with van der Waals surface area (Å²) in [7, 11) is 2.98. The minimum Gasteiger partial charge on any atom is -0.492 e. The summed E-state index contributed by atoms with van der Waals surface area (Å²) in [5.74, 6) is -4.48. The second kappa shape index (κ2) is 28.5. The Morgan fingerprint density at radius 1 is 0.545 bits per heavy atom. The quantitative estimate of drug-likeness (QED) is 0.0401. The van der Waals surface area contributed by atoms with Crippen LogP contribution in [0.15, 0.2) is 107 Å². The van der Waals surface area contributed by atoms with Crippen molar-refractivity contribution in [2.24, 2.45) is 11.8 Å². The maximum Gasteiger partial charge on any atom is 0.346 e. The maximum absolute atomic E-state index is 16.5. The number of rotatable bonds is 16. The Morgan fingerprint density at radius 2 is 0.960 bits per heavy atom. The number of carbonyl (C=O) groups excluding carboxylic acids is 2. The smallest absolute Gasteiger partial charge is 0.346 e. The second-order valence-electron chi connectivity index (χ2n) is 28.6. The Morgan fingerprint density at radius 3 is 1.35 bits per heavy atom. The molecule has 6 heterocycles. The minimum atomic E-state index is -1.29. The SMILES string of the molecule is CC(C)(C(=O)O)c1ccc(-c2ccccc2)c(F)c1.COc1c(N2CC3CCCNC3C2)c(F)c(C)c2c(=O)c(C(=O)O)c(C)n(C3CC3)c12.COc1c(N2CC3CCCNC3C2)c(F)c(C)c2c(=O)c(C(=O)OCOC(=O)C(C)(C)c3ccc(-c4ccccc4)c(F)c3)c(C)n(C3CC3)c12.